The molecule has 2 heterocycles. The third-order valence-corrected chi connectivity index (χ3v) is 3.19. The zero-order valence-electron chi connectivity index (χ0n) is 11.7. The van der Waals surface area contributed by atoms with E-state index in [0.29, 0.717) is 11.4 Å². The summed E-state index contributed by atoms with van der Waals surface area (Å²) >= 11 is 0. The maximum absolute atomic E-state index is 12.5. The monoisotopic (exact) mass is 296 g/mol. The fraction of sp³-hybridized carbons (Fsp3) is 0.0625. The van der Waals surface area contributed by atoms with Gasteiger partial charge in [-0.05, 0) is 42.8 Å². The summed E-state index contributed by atoms with van der Waals surface area (Å²) in [4.78, 5) is 37.3. The number of nitrogens with one attached hydrogen (secondary N) is 1. The van der Waals surface area contributed by atoms with E-state index < -0.39 is 17.8 Å². The van der Waals surface area contributed by atoms with E-state index in [0.717, 1.165) is 10.5 Å². The molecule has 1 saturated heterocycles. The first kappa shape index (κ1) is 13.8. The van der Waals surface area contributed by atoms with E-state index in [1.54, 1.807) is 30.3 Å². The number of nitrogens with zero attached hydrogens (tertiary/aromatic N) is 1. The second-order valence-corrected chi connectivity index (χ2v) is 4.81. The first-order chi connectivity index (χ1) is 10.6. The predicted molar refractivity (Wildman–Crippen MR) is 78.9 cm³/mol. The van der Waals surface area contributed by atoms with Gasteiger partial charge in [0.1, 0.15) is 11.3 Å². The molecule has 1 aromatic heterocycles. The standard InChI is InChI=1S/C16H12N2O4/c1-10-4-2-5-11(8-10)18-15(20)13(14(19)17-16(18)21)9-12-6-3-7-22-12/h2-9H,1H3,(H,17,19,21). The lowest BCUT2D eigenvalue weighted by Gasteiger charge is -2.26. The molecule has 0 radical (unpaired) electrons. The van der Waals surface area contributed by atoms with Crippen molar-refractivity contribution >= 4 is 29.6 Å². The molecule has 6 nitrogen and oxygen atoms in total. The highest BCUT2D eigenvalue weighted by Crippen LogP contribution is 2.22. The van der Waals surface area contributed by atoms with Crippen molar-refractivity contribution in [2.24, 2.45) is 0 Å². The summed E-state index contributed by atoms with van der Waals surface area (Å²) in [7, 11) is 0. The van der Waals surface area contributed by atoms with Gasteiger partial charge in [0, 0.05) is 0 Å². The van der Waals surface area contributed by atoms with Crippen LogP contribution in [0.25, 0.3) is 6.08 Å². The molecule has 2 aromatic rings. The molecule has 1 aromatic carbocycles. The molecule has 0 aliphatic carbocycles. The van der Waals surface area contributed by atoms with Crippen molar-refractivity contribution in [1.29, 1.82) is 0 Å². The smallest absolute Gasteiger partial charge is 0.335 e. The second-order valence-electron chi connectivity index (χ2n) is 4.81. The van der Waals surface area contributed by atoms with Crippen LogP contribution in [-0.2, 0) is 9.59 Å². The average Bonchev–Trinajstić information content (AvgIpc) is 2.96. The lowest BCUT2D eigenvalue weighted by molar-refractivity contribution is -0.122. The van der Waals surface area contributed by atoms with Crippen LogP contribution in [0.2, 0.25) is 0 Å². The Morgan fingerprint density at radius 1 is 1.14 bits per heavy atom. The van der Waals surface area contributed by atoms with Gasteiger partial charge in [0.2, 0.25) is 0 Å². The van der Waals surface area contributed by atoms with Crippen molar-refractivity contribution in [2.45, 2.75) is 6.92 Å². The molecule has 1 aliphatic rings. The number of carbonyl (C=O) groups excluding carboxylic acids is 3. The number of aryl methyl sites for hydroxylation is 1. The quantitative estimate of drug-likeness (QED) is 0.681. The molecule has 1 N–H and O–H groups in total. The molecule has 4 amide bonds. The number of amides is 4. The van der Waals surface area contributed by atoms with Crippen molar-refractivity contribution in [1.82, 2.24) is 5.32 Å². The Hall–Kier alpha value is -3.15. The molecule has 0 saturated carbocycles. The van der Waals surface area contributed by atoms with Crippen molar-refractivity contribution in [3.63, 3.8) is 0 Å². The largest absolute Gasteiger partial charge is 0.465 e. The zero-order valence-corrected chi connectivity index (χ0v) is 11.7. The Morgan fingerprint density at radius 2 is 1.95 bits per heavy atom. The van der Waals surface area contributed by atoms with Gasteiger partial charge >= 0.3 is 6.03 Å². The number of barbiturate groups is 1. The van der Waals surface area contributed by atoms with E-state index in [2.05, 4.69) is 5.32 Å². The molecule has 6 heteroatoms. The highest BCUT2D eigenvalue weighted by molar-refractivity contribution is 6.39. The Balaban J connectivity index is 2.03. The number of rotatable bonds is 2. The molecule has 0 spiro atoms. The first-order valence-electron chi connectivity index (χ1n) is 6.58. The highest BCUT2D eigenvalue weighted by atomic mass is 16.3. The number of benzene rings is 1. The summed E-state index contributed by atoms with van der Waals surface area (Å²) in [5.41, 5.74) is 1.14. The molecule has 110 valence electrons. The Labute approximate surface area is 126 Å². The molecule has 22 heavy (non-hydrogen) atoms. The number of furan rings is 1. The van der Waals surface area contributed by atoms with E-state index in [-0.39, 0.29) is 5.57 Å². The number of imide groups is 2. The van der Waals surface area contributed by atoms with Crippen molar-refractivity contribution in [3.05, 3.63) is 59.6 Å². The van der Waals surface area contributed by atoms with E-state index >= 15 is 0 Å². The molecule has 0 bridgehead atoms. The van der Waals surface area contributed by atoms with Crippen LogP contribution in [-0.4, -0.2) is 17.8 Å². The van der Waals surface area contributed by atoms with Gasteiger partial charge in [0.05, 0.1) is 12.0 Å². The third kappa shape index (κ3) is 2.42. The summed E-state index contributed by atoms with van der Waals surface area (Å²) in [5.74, 6) is -1.07. The molecule has 1 aliphatic heterocycles. The number of carbonyl (C=O) groups is 3. The Kier molecular flexibility index (Phi) is 3.34. The van der Waals surface area contributed by atoms with Gasteiger partial charge in [-0.1, -0.05) is 12.1 Å². The van der Waals surface area contributed by atoms with E-state index in [1.165, 1.54) is 12.3 Å². The van der Waals surface area contributed by atoms with Crippen LogP contribution in [0.1, 0.15) is 11.3 Å². The summed E-state index contributed by atoms with van der Waals surface area (Å²) < 4.78 is 5.11. The molecular weight excluding hydrogens is 284 g/mol. The fourth-order valence-corrected chi connectivity index (χ4v) is 2.17. The van der Waals surface area contributed by atoms with Crippen LogP contribution in [0.15, 0.2) is 52.7 Å². The number of anilines is 1. The first-order valence-corrected chi connectivity index (χ1v) is 6.58. The SMILES string of the molecule is Cc1cccc(N2C(=O)NC(=O)C(=Cc3ccco3)C2=O)c1. The summed E-state index contributed by atoms with van der Waals surface area (Å²) in [5, 5.41) is 2.16. The minimum atomic E-state index is -0.766. The van der Waals surface area contributed by atoms with Gasteiger partial charge < -0.3 is 4.42 Å². The number of hydrogen-bond donors (Lipinski definition) is 1. The van der Waals surface area contributed by atoms with Gasteiger partial charge in [0.15, 0.2) is 0 Å². The molecular formula is C16H12N2O4. The van der Waals surface area contributed by atoms with Crippen LogP contribution in [0, 0.1) is 6.92 Å². The van der Waals surface area contributed by atoms with Gasteiger partial charge in [-0.15, -0.1) is 0 Å². The minimum Gasteiger partial charge on any atom is -0.465 e. The maximum Gasteiger partial charge on any atom is 0.335 e. The van der Waals surface area contributed by atoms with Crippen LogP contribution >= 0.6 is 0 Å². The highest BCUT2D eigenvalue weighted by Gasteiger charge is 2.36. The number of hydrogen-bond acceptors (Lipinski definition) is 4. The number of urea groups is 1. The van der Waals surface area contributed by atoms with E-state index in [9.17, 15) is 14.4 Å². The third-order valence-electron chi connectivity index (χ3n) is 3.19. The van der Waals surface area contributed by atoms with Gasteiger partial charge in [0.25, 0.3) is 11.8 Å². The van der Waals surface area contributed by atoms with Crippen LogP contribution in [0.4, 0.5) is 10.5 Å². The van der Waals surface area contributed by atoms with Gasteiger partial charge in [-0.2, -0.15) is 0 Å². The summed E-state index contributed by atoms with van der Waals surface area (Å²) in [6.07, 6.45) is 2.74. The Morgan fingerprint density at radius 3 is 2.64 bits per heavy atom. The van der Waals surface area contributed by atoms with Crippen LogP contribution in [0.3, 0.4) is 0 Å². The van der Waals surface area contributed by atoms with E-state index in [4.69, 9.17) is 4.42 Å². The van der Waals surface area contributed by atoms with Crippen LogP contribution < -0.4 is 10.2 Å². The van der Waals surface area contributed by atoms with Crippen molar-refractivity contribution in [3.8, 4) is 0 Å². The average molecular weight is 296 g/mol. The van der Waals surface area contributed by atoms with E-state index in [1.807, 2.05) is 13.0 Å². The zero-order chi connectivity index (χ0) is 15.7. The topological polar surface area (TPSA) is 79.6 Å². The van der Waals surface area contributed by atoms with Crippen molar-refractivity contribution in [2.75, 3.05) is 4.90 Å². The maximum atomic E-state index is 12.5. The summed E-state index contributed by atoms with van der Waals surface area (Å²) in [6, 6.07) is 9.39. The summed E-state index contributed by atoms with van der Waals surface area (Å²) in [6.45, 7) is 1.85. The Bertz CT molecular complexity index is 790. The van der Waals surface area contributed by atoms with Crippen molar-refractivity contribution < 1.29 is 18.8 Å². The molecule has 3 rings (SSSR count). The lowest BCUT2D eigenvalue weighted by Crippen LogP contribution is -2.54. The molecule has 0 unspecified atom stereocenters. The van der Waals surface area contributed by atoms with Gasteiger partial charge in [-0.25, -0.2) is 9.69 Å². The van der Waals surface area contributed by atoms with Gasteiger partial charge in [-0.3, -0.25) is 14.9 Å². The molecule has 0 atom stereocenters. The van der Waals surface area contributed by atoms with Crippen LogP contribution in [0.5, 0.6) is 0 Å². The predicted octanol–water partition coefficient (Wildman–Crippen LogP) is 2.25. The minimum absolute atomic E-state index is 0.156. The fourth-order valence-electron chi connectivity index (χ4n) is 2.17. The normalized spacial score (nSPS) is 17.0. The lowest BCUT2D eigenvalue weighted by atomic mass is 10.1. The second kappa shape index (κ2) is 5.33. The molecule has 1 fully saturated rings.